The summed E-state index contributed by atoms with van der Waals surface area (Å²) in [5.41, 5.74) is 0. The summed E-state index contributed by atoms with van der Waals surface area (Å²) in [6.45, 7) is 4.45. The van der Waals surface area contributed by atoms with Crippen LogP contribution in [-0.2, 0) is 0 Å². The van der Waals surface area contributed by atoms with Gasteiger partial charge in [-0.15, -0.1) is 0 Å². The van der Waals surface area contributed by atoms with Gasteiger partial charge in [-0.3, -0.25) is 0 Å². The van der Waals surface area contributed by atoms with Gasteiger partial charge < -0.3 is 5.11 Å². The van der Waals surface area contributed by atoms with Crippen LogP contribution in [0.3, 0.4) is 0 Å². The lowest BCUT2D eigenvalue weighted by Gasteiger charge is -2.16. The molecule has 1 aliphatic rings. The molecule has 1 N–H and O–H groups in total. The van der Waals surface area contributed by atoms with Crippen molar-refractivity contribution >= 4 is 11.8 Å². The fourth-order valence-corrected chi connectivity index (χ4v) is 3.01. The normalized spacial score (nSPS) is 22.5. The maximum Gasteiger partial charge on any atom is 0.0633 e. The maximum atomic E-state index is 9.83. The van der Waals surface area contributed by atoms with E-state index in [2.05, 4.69) is 13.8 Å². The second kappa shape index (κ2) is 6.73. The summed E-state index contributed by atoms with van der Waals surface area (Å²) in [7, 11) is 0. The van der Waals surface area contributed by atoms with Crippen molar-refractivity contribution in [1.82, 2.24) is 0 Å². The molecule has 1 aliphatic carbocycles. The van der Waals surface area contributed by atoms with Gasteiger partial charge in [0.15, 0.2) is 0 Å². The minimum Gasteiger partial charge on any atom is -0.392 e. The minimum absolute atomic E-state index is 0.0582. The number of hydrogen-bond acceptors (Lipinski definition) is 2. The van der Waals surface area contributed by atoms with Crippen molar-refractivity contribution in [2.45, 2.75) is 63.7 Å². The van der Waals surface area contributed by atoms with E-state index >= 15 is 0 Å². The molecule has 0 radical (unpaired) electrons. The molecule has 14 heavy (non-hydrogen) atoms. The van der Waals surface area contributed by atoms with Crippen LogP contribution in [0.25, 0.3) is 0 Å². The average molecular weight is 216 g/mol. The molecule has 84 valence electrons. The van der Waals surface area contributed by atoms with Crippen LogP contribution in [-0.4, -0.2) is 22.2 Å². The number of aliphatic hydroxyl groups excluding tert-OH is 1. The fourth-order valence-electron chi connectivity index (χ4n) is 2.09. The second-order valence-electron chi connectivity index (χ2n) is 4.59. The summed E-state index contributed by atoms with van der Waals surface area (Å²) in [6, 6.07) is 0. The molecular formula is C12H24OS. The molecule has 0 aromatic heterocycles. The quantitative estimate of drug-likeness (QED) is 0.734. The smallest absolute Gasteiger partial charge is 0.0633 e. The largest absolute Gasteiger partial charge is 0.392 e. The van der Waals surface area contributed by atoms with Crippen molar-refractivity contribution in [1.29, 1.82) is 0 Å². The number of thioether (sulfide) groups is 1. The highest BCUT2D eigenvalue weighted by Crippen LogP contribution is 2.29. The molecule has 0 aliphatic heterocycles. The summed E-state index contributed by atoms with van der Waals surface area (Å²) in [6.07, 6.45) is 7.67. The van der Waals surface area contributed by atoms with Gasteiger partial charge in [0.1, 0.15) is 0 Å². The molecule has 0 spiro atoms. The van der Waals surface area contributed by atoms with Gasteiger partial charge >= 0.3 is 0 Å². The van der Waals surface area contributed by atoms with Crippen molar-refractivity contribution in [3.63, 3.8) is 0 Å². The lowest BCUT2D eigenvalue weighted by Crippen LogP contribution is -2.16. The Morgan fingerprint density at radius 2 is 2.00 bits per heavy atom. The van der Waals surface area contributed by atoms with Crippen molar-refractivity contribution in [2.75, 3.05) is 5.75 Å². The molecule has 0 bridgehead atoms. The van der Waals surface area contributed by atoms with Crippen LogP contribution in [0.4, 0.5) is 0 Å². The van der Waals surface area contributed by atoms with E-state index in [4.69, 9.17) is 0 Å². The van der Waals surface area contributed by atoms with E-state index in [9.17, 15) is 5.11 Å². The summed E-state index contributed by atoms with van der Waals surface area (Å²) in [5, 5.41) is 10.5. The molecular weight excluding hydrogens is 192 g/mol. The molecule has 1 nitrogen and oxygen atoms in total. The zero-order chi connectivity index (χ0) is 10.4. The van der Waals surface area contributed by atoms with Crippen molar-refractivity contribution < 1.29 is 5.11 Å². The van der Waals surface area contributed by atoms with Crippen LogP contribution < -0.4 is 0 Å². The molecule has 2 heteroatoms. The van der Waals surface area contributed by atoms with Crippen LogP contribution in [0, 0.1) is 5.92 Å². The zero-order valence-corrected chi connectivity index (χ0v) is 10.4. The van der Waals surface area contributed by atoms with E-state index in [1.165, 1.54) is 32.1 Å². The highest BCUT2D eigenvalue weighted by Gasteiger charge is 2.18. The Bertz CT molecular complexity index is 143. The Morgan fingerprint density at radius 3 is 2.57 bits per heavy atom. The molecule has 2 unspecified atom stereocenters. The van der Waals surface area contributed by atoms with E-state index in [-0.39, 0.29) is 6.10 Å². The van der Waals surface area contributed by atoms with Crippen LogP contribution >= 0.6 is 11.8 Å². The molecule has 2 atom stereocenters. The number of hydrogen-bond donors (Lipinski definition) is 1. The Morgan fingerprint density at radius 1 is 1.36 bits per heavy atom. The van der Waals surface area contributed by atoms with Gasteiger partial charge in [0.05, 0.1) is 6.10 Å². The minimum atomic E-state index is -0.0582. The van der Waals surface area contributed by atoms with Crippen LogP contribution in [0.15, 0.2) is 0 Å². The third kappa shape index (κ3) is 4.70. The summed E-state index contributed by atoms with van der Waals surface area (Å²) in [4.78, 5) is 0. The van der Waals surface area contributed by atoms with Crippen molar-refractivity contribution in [2.24, 2.45) is 5.92 Å². The highest BCUT2D eigenvalue weighted by molar-refractivity contribution is 7.99. The molecule has 0 aromatic carbocycles. The molecule has 0 heterocycles. The van der Waals surface area contributed by atoms with E-state index in [0.29, 0.717) is 5.25 Å². The molecule has 1 saturated carbocycles. The first-order chi connectivity index (χ1) is 6.72. The molecule has 0 amide bonds. The predicted molar refractivity (Wildman–Crippen MR) is 64.8 cm³/mol. The van der Waals surface area contributed by atoms with Gasteiger partial charge in [0.2, 0.25) is 0 Å². The summed E-state index contributed by atoms with van der Waals surface area (Å²) < 4.78 is 0. The van der Waals surface area contributed by atoms with Gasteiger partial charge in [0.25, 0.3) is 0 Å². The third-order valence-electron chi connectivity index (χ3n) is 3.23. The number of rotatable bonds is 6. The van der Waals surface area contributed by atoms with Gasteiger partial charge in [-0.25, -0.2) is 0 Å². The van der Waals surface area contributed by atoms with E-state index in [1.807, 2.05) is 11.8 Å². The Kier molecular flexibility index (Phi) is 5.95. The molecule has 0 aromatic rings. The van der Waals surface area contributed by atoms with Crippen molar-refractivity contribution in [3.8, 4) is 0 Å². The lowest BCUT2D eigenvalue weighted by atomic mass is 10.0. The van der Waals surface area contributed by atoms with Gasteiger partial charge in [-0.1, -0.05) is 39.5 Å². The van der Waals surface area contributed by atoms with Crippen LogP contribution in [0.5, 0.6) is 0 Å². The SMILES string of the molecule is CCC(C)SCC(O)CC1CCCC1. The molecule has 0 saturated heterocycles. The van der Waals surface area contributed by atoms with Gasteiger partial charge in [-0.2, -0.15) is 11.8 Å². The molecule has 1 fully saturated rings. The molecule has 1 rings (SSSR count). The monoisotopic (exact) mass is 216 g/mol. The van der Waals surface area contributed by atoms with Crippen LogP contribution in [0.2, 0.25) is 0 Å². The Balaban J connectivity index is 2.05. The maximum absolute atomic E-state index is 9.83. The third-order valence-corrected chi connectivity index (χ3v) is 4.71. The van der Waals surface area contributed by atoms with Crippen LogP contribution in [0.1, 0.15) is 52.4 Å². The highest BCUT2D eigenvalue weighted by atomic mass is 32.2. The standard InChI is InChI=1S/C12H24OS/c1-3-10(2)14-9-12(13)8-11-6-4-5-7-11/h10-13H,3-9H2,1-2H3. The number of aliphatic hydroxyl groups is 1. The lowest BCUT2D eigenvalue weighted by molar-refractivity contribution is 0.165. The van der Waals surface area contributed by atoms with Gasteiger partial charge in [0, 0.05) is 11.0 Å². The Labute approximate surface area is 92.7 Å². The fraction of sp³-hybridized carbons (Fsp3) is 1.00. The average Bonchev–Trinajstić information content (AvgIpc) is 2.66. The summed E-state index contributed by atoms with van der Waals surface area (Å²) >= 11 is 1.92. The first-order valence-corrected chi connectivity index (χ1v) is 7.07. The first kappa shape index (κ1) is 12.4. The van der Waals surface area contributed by atoms with E-state index < -0.39 is 0 Å². The zero-order valence-electron chi connectivity index (χ0n) is 9.54. The van der Waals surface area contributed by atoms with Gasteiger partial charge in [-0.05, 0) is 18.8 Å². The van der Waals surface area contributed by atoms with E-state index in [1.54, 1.807) is 0 Å². The first-order valence-electron chi connectivity index (χ1n) is 6.02. The Hall–Kier alpha value is 0.310. The summed E-state index contributed by atoms with van der Waals surface area (Å²) in [5.74, 6) is 1.76. The van der Waals surface area contributed by atoms with E-state index in [0.717, 1.165) is 18.1 Å². The second-order valence-corrected chi connectivity index (χ2v) is 6.06. The topological polar surface area (TPSA) is 20.2 Å². The predicted octanol–water partition coefficient (Wildman–Crippen LogP) is 3.46. The van der Waals surface area contributed by atoms with Crippen molar-refractivity contribution in [3.05, 3.63) is 0 Å².